The van der Waals surface area contributed by atoms with Gasteiger partial charge in [0.25, 0.3) is 0 Å². The maximum Gasteiger partial charge on any atom is 0.156 e. The Balaban J connectivity index is 2.37. The summed E-state index contributed by atoms with van der Waals surface area (Å²) in [4.78, 5) is 4.74. The standard InChI is InChI=1S/C14H25N5/c1-10-9-18(4)6-5-7-19(10)14-13(8-15)11(2)12(3)16-17-14/h10H,5-9,15H2,1-4H3. The molecule has 1 aromatic rings. The van der Waals surface area contributed by atoms with Gasteiger partial charge in [0.15, 0.2) is 5.82 Å². The van der Waals surface area contributed by atoms with Crippen LogP contribution in [-0.4, -0.2) is 47.8 Å². The Bertz CT molecular complexity index is 446. The molecule has 1 aliphatic rings. The zero-order valence-electron chi connectivity index (χ0n) is 12.5. The molecule has 1 aliphatic heterocycles. The average Bonchev–Trinajstić information content (AvgIpc) is 2.53. The van der Waals surface area contributed by atoms with Gasteiger partial charge in [-0.1, -0.05) is 0 Å². The Hall–Kier alpha value is -1.20. The van der Waals surface area contributed by atoms with Crippen molar-refractivity contribution in [2.75, 3.05) is 31.6 Å². The lowest BCUT2D eigenvalue weighted by Crippen LogP contribution is -2.39. The van der Waals surface area contributed by atoms with Crippen molar-refractivity contribution in [3.63, 3.8) is 0 Å². The maximum absolute atomic E-state index is 5.93. The summed E-state index contributed by atoms with van der Waals surface area (Å²) in [6, 6.07) is 0.439. The highest BCUT2D eigenvalue weighted by Gasteiger charge is 2.24. The van der Waals surface area contributed by atoms with Crippen molar-refractivity contribution in [3.8, 4) is 0 Å². The largest absolute Gasteiger partial charge is 0.351 e. The fraction of sp³-hybridized carbons (Fsp3) is 0.714. The first-order chi connectivity index (χ1) is 9.04. The van der Waals surface area contributed by atoms with E-state index in [1.54, 1.807) is 0 Å². The molecule has 1 aromatic heterocycles. The summed E-state index contributed by atoms with van der Waals surface area (Å²) < 4.78 is 0. The van der Waals surface area contributed by atoms with E-state index in [4.69, 9.17) is 5.73 Å². The normalized spacial score (nSPS) is 21.5. The molecule has 0 bridgehead atoms. The van der Waals surface area contributed by atoms with E-state index in [2.05, 4.69) is 40.9 Å². The van der Waals surface area contributed by atoms with Crippen molar-refractivity contribution >= 4 is 5.82 Å². The Morgan fingerprint density at radius 2 is 2.00 bits per heavy atom. The molecule has 0 spiro atoms. The van der Waals surface area contributed by atoms with Gasteiger partial charge in [0.1, 0.15) is 0 Å². The second-order valence-electron chi connectivity index (χ2n) is 5.57. The van der Waals surface area contributed by atoms with Gasteiger partial charge in [0.2, 0.25) is 0 Å². The minimum absolute atomic E-state index is 0.439. The van der Waals surface area contributed by atoms with Gasteiger partial charge >= 0.3 is 0 Å². The van der Waals surface area contributed by atoms with Crippen LogP contribution in [0.1, 0.15) is 30.2 Å². The molecule has 5 nitrogen and oxygen atoms in total. The third-order valence-corrected chi connectivity index (χ3v) is 4.08. The molecule has 1 fully saturated rings. The van der Waals surface area contributed by atoms with E-state index in [0.29, 0.717) is 12.6 Å². The number of aromatic nitrogens is 2. The Morgan fingerprint density at radius 1 is 1.26 bits per heavy atom. The number of rotatable bonds is 2. The van der Waals surface area contributed by atoms with Crippen LogP contribution in [-0.2, 0) is 6.54 Å². The number of nitrogens with zero attached hydrogens (tertiary/aromatic N) is 4. The third kappa shape index (κ3) is 2.87. The number of aryl methyl sites for hydroxylation is 1. The first kappa shape index (κ1) is 14.2. The van der Waals surface area contributed by atoms with Crippen LogP contribution in [0.25, 0.3) is 0 Å². The first-order valence-electron chi connectivity index (χ1n) is 7.02. The van der Waals surface area contributed by atoms with E-state index in [-0.39, 0.29) is 0 Å². The first-order valence-corrected chi connectivity index (χ1v) is 7.02. The lowest BCUT2D eigenvalue weighted by molar-refractivity contribution is 0.337. The van der Waals surface area contributed by atoms with Crippen molar-refractivity contribution in [1.29, 1.82) is 0 Å². The van der Waals surface area contributed by atoms with Gasteiger partial charge in [-0.05, 0) is 46.3 Å². The van der Waals surface area contributed by atoms with E-state index in [9.17, 15) is 0 Å². The molecular formula is C14H25N5. The fourth-order valence-corrected chi connectivity index (χ4v) is 2.81. The predicted octanol–water partition coefficient (Wildman–Crippen LogP) is 1.08. The van der Waals surface area contributed by atoms with Crippen LogP contribution in [0.15, 0.2) is 0 Å². The van der Waals surface area contributed by atoms with Gasteiger partial charge in [-0.3, -0.25) is 0 Å². The molecular weight excluding hydrogens is 238 g/mol. The van der Waals surface area contributed by atoms with Crippen molar-refractivity contribution in [1.82, 2.24) is 15.1 Å². The zero-order valence-corrected chi connectivity index (χ0v) is 12.5. The molecule has 0 amide bonds. The van der Waals surface area contributed by atoms with Gasteiger partial charge in [0, 0.05) is 31.2 Å². The lowest BCUT2D eigenvalue weighted by atomic mass is 10.1. The SMILES string of the molecule is Cc1nnc(N2CCCN(C)CC2C)c(CN)c1C. The van der Waals surface area contributed by atoms with Crippen LogP contribution < -0.4 is 10.6 Å². The molecule has 2 rings (SSSR count). The van der Waals surface area contributed by atoms with Crippen molar-refractivity contribution < 1.29 is 0 Å². The molecule has 19 heavy (non-hydrogen) atoms. The molecule has 0 radical (unpaired) electrons. The van der Waals surface area contributed by atoms with Gasteiger partial charge in [-0.15, -0.1) is 5.10 Å². The Labute approximate surface area is 115 Å². The second kappa shape index (κ2) is 5.84. The quantitative estimate of drug-likeness (QED) is 0.865. The van der Waals surface area contributed by atoms with Crippen LogP contribution in [0.4, 0.5) is 5.82 Å². The minimum Gasteiger partial charge on any atom is -0.351 e. The summed E-state index contributed by atoms with van der Waals surface area (Å²) in [5.41, 5.74) is 9.23. The third-order valence-electron chi connectivity index (χ3n) is 4.08. The minimum atomic E-state index is 0.439. The average molecular weight is 263 g/mol. The summed E-state index contributed by atoms with van der Waals surface area (Å²) in [7, 11) is 2.18. The van der Waals surface area contributed by atoms with Gasteiger partial charge in [-0.2, -0.15) is 5.10 Å². The van der Waals surface area contributed by atoms with Crippen molar-refractivity contribution in [2.24, 2.45) is 5.73 Å². The maximum atomic E-state index is 5.93. The van der Waals surface area contributed by atoms with Crippen molar-refractivity contribution in [3.05, 3.63) is 16.8 Å². The lowest BCUT2D eigenvalue weighted by Gasteiger charge is -2.30. The summed E-state index contributed by atoms with van der Waals surface area (Å²) in [5.74, 6) is 0.980. The molecule has 5 heteroatoms. The van der Waals surface area contributed by atoms with E-state index in [1.807, 2.05) is 6.92 Å². The molecule has 2 N–H and O–H groups in total. The second-order valence-corrected chi connectivity index (χ2v) is 5.57. The zero-order chi connectivity index (χ0) is 14.0. The molecule has 2 heterocycles. The summed E-state index contributed by atoms with van der Waals surface area (Å²) >= 11 is 0. The van der Waals surface area contributed by atoms with E-state index in [1.165, 1.54) is 5.56 Å². The molecule has 1 atom stereocenters. The summed E-state index contributed by atoms with van der Waals surface area (Å²) in [6.07, 6.45) is 1.15. The van der Waals surface area contributed by atoms with E-state index >= 15 is 0 Å². The molecule has 0 saturated carbocycles. The van der Waals surface area contributed by atoms with Crippen LogP contribution >= 0.6 is 0 Å². The number of anilines is 1. The van der Waals surface area contributed by atoms with Crippen LogP contribution in [0.2, 0.25) is 0 Å². The Kier molecular flexibility index (Phi) is 4.37. The summed E-state index contributed by atoms with van der Waals surface area (Å²) in [6.45, 7) is 10.1. The smallest absolute Gasteiger partial charge is 0.156 e. The van der Waals surface area contributed by atoms with Crippen molar-refractivity contribution in [2.45, 2.75) is 39.8 Å². The number of hydrogen-bond acceptors (Lipinski definition) is 5. The van der Waals surface area contributed by atoms with Crippen LogP contribution in [0, 0.1) is 13.8 Å². The van der Waals surface area contributed by atoms with Gasteiger partial charge in [-0.25, -0.2) is 0 Å². The van der Waals surface area contributed by atoms with E-state index in [0.717, 1.165) is 43.1 Å². The highest BCUT2D eigenvalue weighted by molar-refractivity contribution is 5.51. The van der Waals surface area contributed by atoms with Crippen LogP contribution in [0.5, 0.6) is 0 Å². The molecule has 1 unspecified atom stereocenters. The molecule has 0 aliphatic carbocycles. The fourth-order valence-electron chi connectivity index (χ4n) is 2.81. The number of likely N-dealkylation sites (N-methyl/N-ethyl adjacent to an activating group) is 1. The Morgan fingerprint density at radius 3 is 2.68 bits per heavy atom. The monoisotopic (exact) mass is 263 g/mol. The molecule has 0 aromatic carbocycles. The topological polar surface area (TPSA) is 58.3 Å². The number of hydrogen-bond donors (Lipinski definition) is 1. The van der Waals surface area contributed by atoms with Gasteiger partial charge in [0.05, 0.1) is 5.69 Å². The highest BCUT2D eigenvalue weighted by atomic mass is 15.3. The highest BCUT2D eigenvalue weighted by Crippen LogP contribution is 2.25. The van der Waals surface area contributed by atoms with Crippen LogP contribution in [0.3, 0.4) is 0 Å². The van der Waals surface area contributed by atoms with Gasteiger partial charge < -0.3 is 15.5 Å². The molecule has 1 saturated heterocycles. The number of nitrogens with two attached hydrogens (primary N) is 1. The predicted molar refractivity (Wildman–Crippen MR) is 78.3 cm³/mol. The van der Waals surface area contributed by atoms with E-state index < -0.39 is 0 Å². The summed E-state index contributed by atoms with van der Waals surface area (Å²) in [5, 5.41) is 8.71. The molecule has 106 valence electrons.